The molecule has 23 heavy (non-hydrogen) atoms. The van der Waals surface area contributed by atoms with Crippen LogP contribution in [-0.4, -0.2) is 29.0 Å². The smallest absolute Gasteiger partial charge is 0.141 e. The lowest BCUT2D eigenvalue weighted by molar-refractivity contribution is 1.13. The number of aromatic nitrogens is 3. The molecule has 0 aliphatic rings. The zero-order chi connectivity index (χ0) is 15.8. The lowest BCUT2D eigenvalue weighted by Crippen LogP contribution is -2.08. The predicted octanol–water partition coefficient (Wildman–Crippen LogP) is 3.92. The van der Waals surface area contributed by atoms with Crippen LogP contribution in [0.1, 0.15) is 0 Å². The highest BCUT2D eigenvalue weighted by molar-refractivity contribution is 5.94. The van der Waals surface area contributed by atoms with E-state index in [1.165, 1.54) is 5.39 Å². The number of aromatic amines is 1. The molecule has 0 atom stereocenters. The van der Waals surface area contributed by atoms with Crippen LogP contribution in [0.25, 0.3) is 21.8 Å². The molecule has 0 saturated heterocycles. The number of nitrogens with one attached hydrogen (secondary N) is 2. The fourth-order valence-electron chi connectivity index (χ4n) is 2.69. The molecule has 2 aromatic carbocycles. The van der Waals surface area contributed by atoms with Crippen molar-refractivity contribution in [2.24, 2.45) is 0 Å². The monoisotopic (exact) mass is 303 g/mol. The SMILES string of the molecule is CN(C)c1ccc2ncnc(Nc3ccc4[nH]ccc4c3)c2c1. The summed E-state index contributed by atoms with van der Waals surface area (Å²) in [6.07, 6.45) is 3.53. The Kier molecular flexibility index (Phi) is 3.12. The number of rotatable bonds is 3. The highest BCUT2D eigenvalue weighted by atomic mass is 15.1. The van der Waals surface area contributed by atoms with Crippen molar-refractivity contribution in [3.63, 3.8) is 0 Å². The second kappa shape index (κ2) is 5.28. The van der Waals surface area contributed by atoms with Gasteiger partial charge in [0, 0.05) is 48.0 Å². The molecule has 0 spiro atoms. The standard InChI is InChI=1S/C18H17N5/c1-23(2)14-4-6-17-15(10-14)18(21-11-20-17)22-13-3-5-16-12(9-13)7-8-19-16/h3-11,19H,1-2H3,(H,20,21,22). The van der Waals surface area contributed by atoms with E-state index in [-0.39, 0.29) is 0 Å². The third kappa shape index (κ3) is 2.46. The summed E-state index contributed by atoms with van der Waals surface area (Å²) in [4.78, 5) is 14.0. The summed E-state index contributed by atoms with van der Waals surface area (Å²) >= 11 is 0. The lowest BCUT2D eigenvalue weighted by atomic mass is 10.2. The molecule has 114 valence electrons. The maximum atomic E-state index is 4.42. The largest absolute Gasteiger partial charge is 0.378 e. The van der Waals surface area contributed by atoms with Crippen LogP contribution in [0, 0.1) is 0 Å². The Morgan fingerprint density at radius 2 is 1.91 bits per heavy atom. The Morgan fingerprint density at radius 3 is 2.78 bits per heavy atom. The number of H-pyrrole nitrogens is 1. The van der Waals surface area contributed by atoms with E-state index in [1.807, 2.05) is 32.4 Å². The molecule has 2 heterocycles. The summed E-state index contributed by atoms with van der Waals surface area (Å²) in [5.41, 5.74) is 4.18. The Balaban J connectivity index is 1.79. The third-order valence-corrected chi connectivity index (χ3v) is 3.95. The van der Waals surface area contributed by atoms with E-state index >= 15 is 0 Å². The van der Waals surface area contributed by atoms with Crippen LogP contribution >= 0.6 is 0 Å². The zero-order valence-corrected chi connectivity index (χ0v) is 13.0. The fraction of sp³-hybridized carbons (Fsp3) is 0.111. The van der Waals surface area contributed by atoms with Crippen LogP contribution < -0.4 is 10.2 Å². The minimum atomic E-state index is 0.814. The highest BCUT2D eigenvalue weighted by Crippen LogP contribution is 2.27. The molecule has 0 unspecified atom stereocenters. The van der Waals surface area contributed by atoms with Crippen LogP contribution in [0.2, 0.25) is 0 Å². The van der Waals surface area contributed by atoms with Gasteiger partial charge in [0.05, 0.1) is 5.52 Å². The summed E-state index contributed by atoms with van der Waals surface area (Å²) in [6.45, 7) is 0. The van der Waals surface area contributed by atoms with Crippen LogP contribution in [-0.2, 0) is 0 Å². The number of hydrogen-bond donors (Lipinski definition) is 2. The molecule has 0 radical (unpaired) electrons. The third-order valence-electron chi connectivity index (χ3n) is 3.95. The molecular formula is C18H17N5. The van der Waals surface area contributed by atoms with Crippen molar-refractivity contribution in [1.29, 1.82) is 0 Å². The summed E-state index contributed by atoms with van der Waals surface area (Å²) in [5, 5.41) is 5.59. The van der Waals surface area contributed by atoms with Crippen LogP contribution in [0.5, 0.6) is 0 Å². The van der Waals surface area contributed by atoms with E-state index in [1.54, 1.807) is 6.33 Å². The molecule has 0 saturated carbocycles. The van der Waals surface area contributed by atoms with Gasteiger partial charge in [0.25, 0.3) is 0 Å². The van der Waals surface area contributed by atoms with E-state index in [4.69, 9.17) is 0 Å². The maximum absolute atomic E-state index is 4.42. The van der Waals surface area contributed by atoms with E-state index in [9.17, 15) is 0 Å². The number of hydrogen-bond acceptors (Lipinski definition) is 4. The average molecular weight is 303 g/mol. The van der Waals surface area contributed by atoms with Gasteiger partial charge in [-0.3, -0.25) is 0 Å². The van der Waals surface area contributed by atoms with E-state index in [2.05, 4.69) is 55.5 Å². The molecule has 4 aromatic rings. The second-order valence-electron chi connectivity index (χ2n) is 5.72. The molecule has 0 amide bonds. The second-order valence-corrected chi connectivity index (χ2v) is 5.72. The molecular weight excluding hydrogens is 286 g/mol. The predicted molar refractivity (Wildman–Crippen MR) is 95.4 cm³/mol. The first-order valence-electron chi connectivity index (χ1n) is 7.47. The summed E-state index contributed by atoms with van der Waals surface area (Å²) in [6, 6.07) is 14.5. The van der Waals surface area contributed by atoms with Crippen molar-refractivity contribution in [3.05, 3.63) is 55.0 Å². The molecule has 4 rings (SSSR count). The quantitative estimate of drug-likeness (QED) is 0.602. The van der Waals surface area contributed by atoms with Gasteiger partial charge >= 0.3 is 0 Å². The topological polar surface area (TPSA) is 56.8 Å². The van der Waals surface area contributed by atoms with E-state index < -0.39 is 0 Å². The Labute approximate surface area is 134 Å². The van der Waals surface area contributed by atoms with E-state index in [0.717, 1.165) is 33.6 Å². The number of anilines is 3. The number of fused-ring (bicyclic) bond motifs is 2. The molecule has 5 nitrogen and oxygen atoms in total. The first kappa shape index (κ1) is 13.6. The Morgan fingerprint density at radius 1 is 1.00 bits per heavy atom. The Bertz CT molecular complexity index is 987. The van der Waals surface area contributed by atoms with Crippen LogP contribution in [0.15, 0.2) is 55.0 Å². The van der Waals surface area contributed by atoms with Gasteiger partial charge in [0.15, 0.2) is 0 Å². The van der Waals surface area contributed by atoms with Crippen molar-refractivity contribution >= 4 is 39.0 Å². The van der Waals surface area contributed by atoms with Gasteiger partial charge in [-0.15, -0.1) is 0 Å². The molecule has 2 aromatic heterocycles. The number of nitrogens with zero attached hydrogens (tertiary/aromatic N) is 3. The molecule has 0 aliphatic carbocycles. The molecule has 0 bridgehead atoms. The van der Waals surface area contributed by atoms with Crippen molar-refractivity contribution < 1.29 is 0 Å². The van der Waals surface area contributed by atoms with Gasteiger partial charge in [-0.05, 0) is 42.5 Å². The zero-order valence-electron chi connectivity index (χ0n) is 13.0. The normalized spacial score (nSPS) is 11.0. The highest BCUT2D eigenvalue weighted by Gasteiger charge is 2.07. The van der Waals surface area contributed by atoms with Crippen molar-refractivity contribution in [3.8, 4) is 0 Å². The minimum Gasteiger partial charge on any atom is -0.378 e. The van der Waals surface area contributed by atoms with Gasteiger partial charge in [-0.25, -0.2) is 9.97 Å². The Hall–Kier alpha value is -3.08. The maximum Gasteiger partial charge on any atom is 0.141 e. The van der Waals surface area contributed by atoms with Crippen molar-refractivity contribution in [2.45, 2.75) is 0 Å². The molecule has 5 heteroatoms. The minimum absolute atomic E-state index is 0.814. The van der Waals surface area contributed by atoms with E-state index in [0.29, 0.717) is 0 Å². The van der Waals surface area contributed by atoms with Gasteiger partial charge in [-0.2, -0.15) is 0 Å². The number of benzene rings is 2. The van der Waals surface area contributed by atoms with Gasteiger partial charge in [0.2, 0.25) is 0 Å². The van der Waals surface area contributed by atoms with Crippen LogP contribution in [0.4, 0.5) is 17.2 Å². The van der Waals surface area contributed by atoms with Gasteiger partial charge in [-0.1, -0.05) is 0 Å². The molecule has 0 aliphatic heterocycles. The summed E-state index contributed by atoms with van der Waals surface area (Å²) in [5.74, 6) is 0.814. The van der Waals surface area contributed by atoms with Gasteiger partial charge in [0.1, 0.15) is 12.1 Å². The first-order chi connectivity index (χ1) is 11.2. The summed E-state index contributed by atoms with van der Waals surface area (Å²) in [7, 11) is 4.05. The molecule has 2 N–H and O–H groups in total. The lowest BCUT2D eigenvalue weighted by Gasteiger charge is -2.14. The van der Waals surface area contributed by atoms with Gasteiger partial charge < -0.3 is 15.2 Å². The first-order valence-corrected chi connectivity index (χ1v) is 7.47. The summed E-state index contributed by atoms with van der Waals surface area (Å²) < 4.78 is 0. The van der Waals surface area contributed by atoms with Crippen molar-refractivity contribution in [1.82, 2.24) is 15.0 Å². The fourth-order valence-corrected chi connectivity index (χ4v) is 2.69. The molecule has 0 fully saturated rings. The van der Waals surface area contributed by atoms with Crippen molar-refractivity contribution in [2.75, 3.05) is 24.3 Å². The van der Waals surface area contributed by atoms with Crippen LogP contribution in [0.3, 0.4) is 0 Å². The average Bonchev–Trinajstić information content (AvgIpc) is 3.02.